The maximum Gasteiger partial charge on any atom is 0.129 e. The van der Waals surface area contributed by atoms with Gasteiger partial charge in [-0.15, -0.1) is 0 Å². The lowest BCUT2D eigenvalue weighted by molar-refractivity contribution is -0.113. The molecule has 0 spiro atoms. The smallest absolute Gasteiger partial charge is 0.129 e. The lowest BCUT2D eigenvalue weighted by Gasteiger charge is -2.27. The number of allylic oxidation sites excluding steroid dienone is 2. The summed E-state index contributed by atoms with van der Waals surface area (Å²) in [6, 6.07) is 8.50. The number of anilines is 1. The SMILES string of the molecule is CCC(C)(/C=C/[C@](C)(C=O)CC)c1ccc(NC)cc1. The second kappa shape index (κ2) is 6.74. The fourth-order valence-electron chi connectivity index (χ4n) is 2.05. The second-order valence-electron chi connectivity index (χ2n) is 5.91. The van der Waals surface area contributed by atoms with Gasteiger partial charge in [0.2, 0.25) is 0 Å². The molecular weight excluding hydrogens is 246 g/mol. The molecule has 0 bridgehead atoms. The van der Waals surface area contributed by atoms with E-state index >= 15 is 0 Å². The van der Waals surface area contributed by atoms with E-state index in [1.54, 1.807) is 0 Å². The number of carbonyl (C=O) groups excluding carboxylic acids is 1. The van der Waals surface area contributed by atoms with Crippen molar-refractivity contribution in [2.75, 3.05) is 12.4 Å². The zero-order valence-corrected chi connectivity index (χ0v) is 13.4. The quantitative estimate of drug-likeness (QED) is 0.582. The molecule has 1 unspecified atom stereocenters. The third kappa shape index (κ3) is 3.72. The van der Waals surface area contributed by atoms with Crippen LogP contribution < -0.4 is 5.32 Å². The summed E-state index contributed by atoms with van der Waals surface area (Å²) in [4.78, 5) is 11.2. The van der Waals surface area contributed by atoms with E-state index in [2.05, 4.69) is 55.6 Å². The average Bonchev–Trinajstić information content (AvgIpc) is 2.52. The van der Waals surface area contributed by atoms with Gasteiger partial charge in [-0.2, -0.15) is 0 Å². The molecule has 2 heteroatoms. The predicted octanol–water partition coefficient (Wildman–Crippen LogP) is 4.57. The molecule has 2 nitrogen and oxygen atoms in total. The number of carbonyl (C=O) groups is 1. The highest BCUT2D eigenvalue weighted by Crippen LogP contribution is 2.32. The monoisotopic (exact) mass is 273 g/mol. The van der Waals surface area contributed by atoms with Crippen molar-refractivity contribution in [2.45, 2.75) is 46.0 Å². The van der Waals surface area contributed by atoms with Crippen LogP contribution in [0.2, 0.25) is 0 Å². The van der Waals surface area contributed by atoms with Gasteiger partial charge in [-0.05, 0) is 37.5 Å². The van der Waals surface area contributed by atoms with Crippen molar-refractivity contribution >= 4 is 12.0 Å². The van der Waals surface area contributed by atoms with Crippen LogP contribution in [0.4, 0.5) is 5.69 Å². The van der Waals surface area contributed by atoms with Crippen LogP contribution in [-0.2, 0) is 10.2 Å². The molecule has 20 heavy (non-hydrogen) atoms. The first-order valence-corrected chi connectivity index (χ1v) is 7.38. The Morgan fingerprint density at radius 1 is 1.05 bits per heavy atom. The normalized spacial score (nSPS) is 17.4. The third-order valence-corrected chi connectivity index (χ3v) is 4.43. The maximum absolute atomic E-state index is 11.2. The minimum absolute atomic E-state index is 0.0360. The van der Waals surface area contributed by atoms with Crippen molar-refractivity contribution in [1.29, 1.82) is 0 Å². The van der Waals surface area contributed by atoms with E-state index in [1.165, 1.54) is 5.56 Å². The first-order chi connectivity index (χ1) is 9.43. The molecule has 0 aromatic heterocycles. The zero-order valence-electron chi connectivity index (χ0n) is 13.4. The molecule has 1 rings (SSSR count). The topological polar surface area (TPSA) is 29.1 Å². The van der Waals surface area contributed by atoms with Gasteiger partial charge in [0.25, 0.3) is 0 Å². The van der Waals surface area contributed by atoms with E-state index in [0.29, 0.717) is 0 Å². The van der Waals surface area contributed by atoms with Gasteiger partial charge in [-0.3, -0.25) is 0 Å². The van der Waals surface area contributed by atoms with Crippen LogP contribution in [0.25, 0.3) is 0 Å². The third-order valence-electron chi connectivity index (χ3n) is 4.43. The minimum atomic E-state index is -0.360. The Hall–Kier alpha value is -1.57. The predicted molar refractivity (Wildman–Crippen MR) is 87.2 cm³/mol. The van der Waals surface area contributed by atoms with E-state index in [4.69, 9.17) is 0 Å². The van der Waals surface area contributed by atoms with Gasteiger partial charge in [0.05, 0.1) is 0 Å². The first kappa shape index (κ1) is 16.5. The molecule has 0 heterocycles. The molecule has 1 aromatic rings. The molecule has 1 aromatic carbocycles. The van der Waals surface area contributed by atoms with Crippen LogP contribution in [0.5, 0.6) is 0 Å². The second-order valence-corrected chi connectivity index (χ2v) is 5.91. The van der Waals surface area contributed by atoms with Gasteiger partial charge in [0, 0.05) is 23.6 Å². The molecule has 0 aliphatic carbocycles. The maximum atomic E-state index is 11.2. The summed E-state index contributed by atoms with van der Waals surface area (Å²) in [5.74, 6) is 0. The average molecular weight is 273 g/mol. The van der Waals surface area contributed by atoms with Crippen LogP contribution in [-0.4, -0.2) is 13.3 Å². The Bertz CT molecular complexity index is 463. The van der Waals surface area contributed by atoms with Gasteiger partial charge in [0.1, 0.15) is 6.29 Å². The van der Waals surface area contributed by atoms with E-state index in [9.17, 15) is 4.79 Å². The summed E-state index contributed by atoms with van der Waals surface area (Å²) < 4.78 is 0. The highest BCUT2D eigenvalue weighted by molar-refractivity contribution is 5.62. The standard InChI is InChI=1S/C18H27NO/c1-6-17(3,14-20)12-13-18(4,7-2)15-8-10-16(19-5)11-9-15/h8-14,19H,6-7H2,1-5H3/b13-12+/t17-,18?/m1/s1. The van der Waals surface area contributed by atoms with Crippen LogP contribution >= 0.6 is 0 Å². The molecule has 0 aliphatic heterocycles. The summed E-state index contributed by atoms with van der Waals surface area (Å²) in [7, 11) is 1.92. The molecule has 0 fully saturated rings. The van der Waals surface area contributed by atoms with E-state index in [-0.39, 0.29) is 10.8 Å². The minimum Gasteiger partial charge on any atom is -0.388 e. The van der Waals surface area contributed by atoms with Crippen LogP contribution in [0.3, 0.4) is 0 Å². The van der Waals surface area contributed by atoms with Crippen molar-refractivity contribution in [1.82, 2.24) is 0 Å². The zero-order chi connectivity index (χ0) is 15.2. The molecule has 110 valence electrons. The van der Waals surface area contributed by atoms with Crippen molar-refractivity contribution in [3.8, 4) is 0 Å². The number of nitrogens with one attached hydrogen (secondary N) is 1. The van der Waals surface area contributed by atoms with Crippen LogP contribution in [0.1, 0.15) is 46.1 Å². The summed E-state index contributed by atoms with van der Waals surface area (Å²) in [5.41, 5.74) is 2.00. The fourth-order valence-corrected chi connectivity index (χ4v) is 2.05. The van der Waals surface area contributed by atoms with E-state index < -0.39 is 0 Å². The largest absolute Gasteiger partial charge is 0.388 e. The summed E-state index contributed by atoms with van der Waals surface area (Å²) in [5, 5.41) is 3.13. The van der Waals surface area contributed by atoms with Crippen LogP contribution in [0, 0.1) is 5.41 Å². The molecule has 2 atom stereocenters. The van der Waals surface area contributed by atoms with Gasteiger partial charge in [0.15, 0.2) is 0 Å². The summed E-state index contributed by atoms with van der Waals surface area (Å²) in [6.07, 6.45) is 7.13. The summed E-state index contributed by atoms with van der Waals surface area (Å²) >= 11 is 0. The fraction of sp³-hybridized carbons (Fsp3) is 0.500. The Balaban J connectivity index is 3.07. The van der Waals surface area contributed by atoms with Crippen molar-refractivity contribution in [2.24, 2.45) is 5.41 Å². The highest BCUT2D eigenvalue weighted by Gasteiger charge is 2.24. The Labute approximate surface area is 123 Å². The van der Waals surface area contributed by atoms with Crippen LogP contribution in [0.15, 0.2) is 36.4 Å². The van der Waals surface area contributed by atoms with Crippen molar-refractivity contribution < 1.29 is 4.79 Å². The molecule has 1 N–H and O–H groups in total. The number of hydrogen-bond acceptors (Lipinski definition) is 2. The number of aldehydes is 1. The van der Waals surface area contributed by atoms with Gasteiger partial charge < -0.3 is 10.1 Å². The van der Waals surface area contributed by atoms with Crippen molar-refractivity contribution in [3.05, 3.63) is 42.0 Å². The van der Waals surface area contributed by atoms with Gasteiger partial charge in [-0.25, -0.2) is 0 Å². The number of rotatable bonds is 7. The molecule has 0 aliphatic rings. The Kier molecular flexibility index (Phi) is 5.55. The number of benzene rings is 1. The number of hydrogen-bond donors (Lipinski definition) is 1. The summed E-state index contributed by atoms with van der Waals surface area (Å²) in [6.45, 7) is 8.43. The highest BCUT2D eigenvalue weighted by atomic mass is 16.1. The lowest BCUT2D eigenvalue weighted by atomic mass is 9.77. The Morgan fingerprint density at radius 2 is 1.65 bits per heavy atom. The molecule has 0 radical (unpaired) electrons. The van der Waals surface area contributed by atoms with Gasteiger partial charge >= 0.3 is 0 Å². The van der Waals surface area contributed by atoms with Gasteiger partial charge in [-0.1, -0.05) is 45.1 Å². The lowest BCUT2D eigenvalue weighted by Crippen LogP contribution is -2.20. The Morgan fingerprint density at radius 3 is 2.05 bits per heavy atom. The van der Waals surface area contributed by atoms with E-state index in [1.807, 2.05) is 20.9 Å². The molecule has 0 saturated carbocycles. The first-order valence-electron chi connectivity index (χ1n) is 7.38. The van der Waals surface area contributed by atoms with E-state index in [0.717, 1.165) is 24.8 Å². The molecule has 0 saturated heterocycles. The van der Waals surface area contributed by atoms with Crippen molar-refractivity contribution in [3.63, 3.8) is 0 Å². The molecule has 0 amide bonds. The molecular formula is C18H27NO.